The van der Waals surface area contributed by atoms with Crippen LogP contribution >= 0.6 is 0 Å². The first-order chi connectivity index (χ1) is 11.5. The van der Waals surface area contributed by atoms with Gasteiger partial charge < -0.3 is 5.32 Å². The van der Waals surface area contributed by atoms with Gasteiger partial charge in [0.15, 0.2) is 5.78 Å². The molecule has 0 aliphatic heterocycles. The number of nitrogens with one attached hydrogen (secondary N) is 1. The number of nitrogens with zero attached hydrogens (tertiary/aromatic N) is 2. The average Bonchev–Trinajstić information content (AvgIpc) is 2.92. The van der Waals surface area contributed by atoms with Gasteiger partial charge in [0, 0.05) is 29.8 Å². The van der Waals surface area contributed by atoms with E-state index in [2.05, 4.69) is 10.4 Å². The summed E-state index contributed by atoms with van der Waals surface area (Å²) in [7, 11) is 1.77. The van der Waals surface area contributed by atoms with Crippen molar-refractivity contribution >= 4 is 17.5 Å². The van der Waals surface area contributed by atoms with E-state index in [1.165, 1.54) is 0 Å². The number of carbonyl (C=O) groups is 2. The molecule has 1 N–H and O–H groups in total. The van der Waals surface area contributed by atoms with Crippen molar-refractivity contribution in [1.82, 2.24) is 9.78 Å². The van der Waals surface area contributed by atoms with Crippen molar-refractivity contribution in [2.75, 3.05) is 5.32 Å². The van der Waals surface area contributed by atoms with E-state index in [1.54, 1.807) is 54.2 Å². The standard InChI is InChI=1S/C19H17N3O2/c1-13-12-17(22(2)21-13)20-19(24)16-10-8-15(9-11-16)18(23)14-6-4-3-5-7-14/h3-12H,1-2H3,(H,20,24). The van der Waals surface area contributed by atoms with Crippen LogP contribution in [-0.4, -0.2) is 21.5 Å². The van der Waals surface area contributed by atoms with Gasteiger partial charge in [0.25, 0.3) is 5.91 Å². The Morgan fingerprint density at radius 2 is 1.50 bits per heavy atom. The zero-order valence-corrected chi connectivity index (χ0v) is 13.5. The number of amides is 1. The van der Waals surface area contributed by atoms with E-state index in [-0.39, 0.29) is 11.7 Å². The minimum atomic E-state index is -0.239. The summed E-state index contributed by atoms with van der Waals surface area (Å²) in [6.07, 6.45) is 0. The molecular formula is C19H17N3O2. The molecule has 1 aromatic heterocycles. The molecule has 0 saturated heterocycles. The molecule has 0 atom stereocenters. The van der Waals surface area contributed by atoms with Crippen LogP contribution in [0.2, 0.25) is 0 Å². The summed E-state index contributed by atoms with van der Waals surface area (Å²) < 4.78 is 1.61. The Morgan fingerprint density at radius 1 is 0.917 bits per heavy atom. The molecule has 3 aromatic rings. The number of carbonyl (C=O) groups excluding carboxylic acids is 2. The Bertz CT molecular complexity index is 881. The Kier molecular flexibility index (Phi) is 4.24. The zero-order chi connectivity index (χ0) is 17.1. The van der Waals surface area contributed by atoms with Crippen LogP contribution < -0.4 is 5.32 Å². The molecule has 1 amide bonds. The van der Waals surface area contributed by atoms with E-state index in [0.717, 1.165) is 5.69 Å². The third kappa shape index (κ3) is 3.25. The van der Waals surface area contributed by atoms with Crippen molar-refractivity contribution in [1.29, 1.82) is 0 Å². The molecule has 5 heteroatoms. The predicted molar refractivity (Wildman–Crippen MR) is 92.2 cm³/mol. The van der Waals surface area contributed by atoms with Crippen molar-refractivity contribution in [3.05, 3.63) is 83.0 Å². The summed E-state index contributed by atoms with van der Waals surface area (Å²) in [5.74, 6) is 0.323. The zero-order valence-electron chi connectivity index (χ0n) is 13.5. The van der Waals surface area contributed by atoms with Crippen molar-refractivity contribution < 1.29 is 9.59 Å². The van der Waals surface area contributed by atoms with Crippen LogP contribution in [-0.2, 0) is 7.05 Å². The summed E-state index contributed by atoms with van der Waals surface area (Å²) in [5.41, 5.74) is 2.49. The Morgan fingerprint density at radius 3 is 2.08 bits per heavy atom. The van der Waals surface area contributed by atoms with Gasteiger partial charge in [0.05, 0.1) is 5.69 Å². The third-order valence-corrected chi connectivity index (χ3v) is 3.69. The SMILES string of the molecule is Cc1cc(NC(=O)c2ccc(C(=O)c3ccccc3)cc2)n(C)n1. The van der Waals surface area contributed by atoms with Gasteiger partial charge in [-0.15, -0.1) is 0 Å². The lowest BCUT2D eigenvalue weighted by molar-refractivity contribution is 0.101. The van der Waals surface area contributed by atoms with Crippen LogP contribution in [0.3, 0.4) is 0 Å². The minimum absolute atomic E-state index is 0.0650. The lowest BCUT2D eigenvalue weighted by Gasteiger charge is -2.06. The van der Waals surface area contributed by atoms with E-state index in [4.69, 9.17) is 0 Å². The highest BCUT2D eigenvalue weighted by Gasteiger charge is 2.12. The Hall–Kier alpha value is -3.21. The van der Waals surface area contributed by atoms with Crippen LogP contribution in [0.4, 0.5) is 5.82 Å². The highest BCUT2D eigenvalue weighted by molar-refractivity contribution is 6.10. The summed E-state index contributed by atoms with van der Waals surface area (Å²) >= 11 is 0. The first-order valence-electron chi connectivity index (χ1n) is 7.56. The second-order valence-corrected chi connectivity index (χ2v) is 5.52. The smallest absolute Gasteiger partial charge is 0.256 e. The number of aryl methyl sites for hydroxylation is 2. The number of benzene rings is 2. The lowest BCUT2D eigenvalue weighted by atomic mass is 10.0. The molecule has 0 radical (unpaired) electrons. The third-order valence-electron chi connectivity index (χ3n) is 3.69. The summed E-state index contributed by atoms with van der Waals surface area (Å²) in [6.45, 7) is 1.86. The first kappa shape index (κ1) is 15.7. The second-order valence-electron chi connectivity index (χ2n) is 5.52. The molecule has 0 bridgehead atoms. The maximum absolute atomic E-state index is 12.4. The molecular weight excluding hydrogens is 302 g/mol. The number of hydrogen-bond donors (Lipinski definition) is 1. The largest absolute Gasteiger partial charge is 0.307 e. The fourth-order valence-electron chi connectivity index (χ4n) is 2.45. The molecule has 0 unspecified atom stereocenters. The normalized spacial score (nSPS) is 10.4. The van der Waals surface area contributed by atoms with Crippen LogP contribution in [0.15, 0.2) is 60.7 Å². The lowest BCUT2D eigenvalue weighted by Crippen LogP contribution is -2.14. The molecule has 0 saturated carbocycles. The van der Waals surface area contributed by atoms with Crippen molar-refractivity contribution in [3.8, 4) is 0 Å². The maximum atomic E-state index is 12.4. The highest BCUT2D eigenvalue weighted by atomic mass is 16.1. The van der Waals surface area contributed by atoms with E-state index in [1.807, 2.05) is 25.1 Å². The number of ketones is 1. The van der Waals surface area contributed by atoms with Crippen LogP contribution in [0.1, 0.15) is 32.0 Å². The molecule has 0 aliphatic carbocycles. The summed E-state index contributed by atoms with van der Waals surface area (Å²) in [4.78, 5) is 24.6. The second kappa shape index (κ2) is 6.50. The summed E-state index contributed by atoms with van der Waals surface area (Å²) in [5, 5.41) is 6.99. The fourth-order valence-corrected chi connectivity index (χ4v) is 2.45. The average molecular weight is 319 g/mol. The molecule has 24 heavy (non-hydrogen) atoms. The maximum Gasteiger partial charge on any atom is 0.256 e. The molecule has 5 nitrogen and oxygen atoms in total. The van der Waals surface area contributed by atoms with E-state index in [0.29, 0.717) is 22.5 Å². The quantitative estimate of drug-likeness (QED) is 0.751. The topological polar surface area (TPSA) is 64.0 Å². The summed E-state index contributed by atoms with van der Waals surface area (Å²) in [6, 6.07) is 17.5. The van der Waals surface area contributed by atoms with Gasteiger partial charge in [-0.05, 0) is 19.1 Å². The first-order valence-corrected chi connectivity index (χ1v) is 7.56. The number of aromatic nitrogens is 2. The fraction of sp³-hybridized carbons (Fsp3) is 0.105. The van der Waals surface area contributed by atoms with Crippen molar-refractivity contribution in [2.24, 2.45) is 7.05 Å². The molecule has 2 aromatic carbocycles. The Balaban J connectivity index is 1.75. The van der Waals surface area contributed by atoms with Gasteiger partial charge in [-0.25, -0.2) is 0 Å². The van der Waals surface area contributed by atoms with Crippen LogP contribution in [0.25, 0.3) is 0 Å². The van der Waals surface area contributed by atoms with Gasteiger partial charge in [0.2, 0.25) is 0 Å². The van der Waals surface area contributed by atoms with Gasteiger partial charge >= 0.3 is 0 Å². The molecule has 0 fully saturated rings. The number of hydrogen-bond acceptors (Lipinski definition) is 3. The monoisotopic (exact) mass is 319 g/mol. The molecule has 3 rings (SSSR count). The van der Waals surface area contributed by atoms with E-state index >= 15 is 0 Å². The number of rotatable bonds is 4. The molecule has 1 heterocycles. The predicted octanol–water partition coefficient (Wildman–Crippen LogP) is 3.21. The molecule has 0 spiro atoms. The minimum Gasteiger partial charge on any atom is -0.307 e. The van der Waals surface area contributed by atoms with Gasteiger partial charge in [0.1, 0.15) is 5.82 Å². The Labute approximate surface area is 139 Å². The van der Waals surface area contributed by atoms with Crippen molar-refractivity contribution in [2.45, 2.75) is 6.92 Å². The highest BCUT2D eigenvalue weighted by Crippen LogP contribution is 2.13. The van der Waals surface area contributed by atoms with E-state index < -0.39 is 0 Å². The van der Waals surface area contributed by atoms with Crippen molar-refractivity contribution in [3.63, 3.8) is 0 Å². The van der Waals surface area contributed by atoms with Gasteiger partial charge in [-0.1, -0.05) is 42.5 Å². The van der Waals surface area contributed by atoms with Gasteiger partial charge in [-0.2, -0.15) is 5.10 Å². The van der Waals surface area contributed by atoms with Gasteiger partial charge in [-0.3, -0.25) is 14.3 Å². The van der Waals surface area contributed by atoms with Crippen LogP contribution in [0, 0.1) is 6.92 Å². The molecule has 0 aliphatic rings. The van der Waals surface area contributed by atoms with Crippen LogP contribution in [0.5, 0.6) is 0 Å². The number of anilines is 1. The molecule has 120 valence electrons. The van der Waals surface area contributed by atoms with E-state index in [9.17, 15) is 9.59 Å².